The molecule has 54 heavy (non-hydrogen) atoms. The molecule has 0 radical (unpaired) electrons. The number of aromatic nitrogens is 1. The van der Waals surface area contributed by atoms with E-state index in [1.165, 1.54) is 66.0 Å². The largest absolute Gasteiger partial charge is 0.310 e. The summed E-state index contributed by atoms with van der Waals surface area (Å²) in [4.78, 5) is 2.40. The summed E-state index contributed by atoms with van der Waals surface area (Å²) in [7, 11) is 0. The Hall–Kier alpha value is -7.16. The van der Waals surface area contributed by atoms with Gasteiger partial charge in [0.1, 0.15) is 0 Å². The van der Waals surface area contributed by atoms with E-state index in [1.54, 1.807) is 0 Å². The van der Waals surface area contributed by atoms with E-state index in [1.807, 2.05) is 0 Å². The van der Waals surface area contributed by atoms with Gasteiger partial charge in [-0.15, -0.1) is 0 Å². The van der Waals surface area contributed by atoms with Crippen LogP contribution in [0.1, 0.15) is 0 Å². The van der Waals surface area contributed by atoms with E-state index in [2.05, 4.69) is 228 Å². The lowest BCUT2D eigenvalue weighted by molar-refractivity contribution is 1.18. The fourth-order valence-corrected chi connectivity index (χ4v) is 8.11. The summed E-state index contributed by atoms with van der Waals surface area (Å²) in [6.45, 7) is 0. The Bertz CT molecular complexity index is 2850. The molecule has 9 aromatic carbocycles. The topological polar surface area (TPSA) is 8.17 Å². The Balaban J connectivity index is 1.24. The van der Waals surface area contributed by atoms with Crippen LogP contribution in [0.4, 0.5) is 17.1 Å². The summed E-state index contributed by atoms with van der Waals surface area (Å²) >= 11 is 0. The summed E-state index contributed by atoms with van der Waals surface area (Å²) in [5.74, 6) is 0. The van der Waals surface area contributed by atoms with E-state index < -0.39 is 0 Å². The van der Waals surface area contributed by atoms with E-state index >= 15 is 0 Å². The normalized spacial score (nSPS) is 11.3. The molecule has 1 aromatic heterocycles. The predicted molar refractivity (Wildman–Crippen MR) is 229 cm³/mol. The molecule has 2 nitrogen and oxygen atoms in total. The SMILES string of the molecule is c1ccc(-c2cc(-c3ccccc3)cc(N(c3ccccc3)c3cccc(-c4c5ccccc5cc5c4c4ccccc4n5-c4ccccc4)c3)c2)cc1. The first-order chi connectivity index (χ1) is 26.8. The van der Waals surface area contributed by atoms with Crippen LogP contribution in [0, 0.1) is 0 Å². The molecule has 0 aliphatic carbocycles. The molecule has 0 atom stereocenters. The molecule has 0 spiro atoms. The van der Waals surface area contributed by atoms with Gasteiger partial charge in [-0.25, -0.2) is 0 Å². The van der Waals surface area contributed by atoms with Gasteiger partial charge in [-0.05, 0) is 111 Å². The van der Waals surface area contributed by atoms with Crippen LogP contribution in [-0.2, 0) is 0 Å². The molecule has 2 heteroatoms. The lowest BCUT2D eigenvalue weighted by atomic mass is 9.92. The molecule has 254 valence electrons. The zero-order chi connectivity index (χ0) is 35.8. The molecule has 0 saturated carbocycles. The van der Waals surface area contributed by atoms with Gasteiger partial charge in [0.15, 0.2) is 0 Å². The van der Waals surface area contributed by atoms with E-state index in [-0.39, 0.29) is 0 Å². The molecule has 1 heterocycles. The van der Waals surface area contributed by atoms with Gasteiger partial charge in [0, 0.05) is 33.5 Å². The summed E-state index contributed by atoms with van der Waals surface area (Å²) in [6.07, 6.45) is 0. The fourth-order valence-electron chi connectivity index (χ4n) is 8.11. The Labute approximate surface area is 315 Å². The van der Waals surface area contributed by atoms with Gasteiger partial charge in [-0.1, -0.05) is 152 Å². The van der Waals surface area contributed by atoms with Crippen molar-refractivity contribution in [3.8, 4) is 39.1 Å². The second kappa shape index (κ2) is 13.4. The van der Waals surface area contributed by atoms with Crippen LogP contribution in [0.5, 0.6) is 0 Å². The third-order valence-corrected chi connectivity index (χ3v) is 10.5. The van der Waals surface area contributed by atoms with Crippen molar-refractivity contribution in [3.63, 3.8) is 0 Å². The lowest BCUT2D eigenvalue weighted by Gasteiger charge is -2.27. The number of hydrogen-bond acceptors (Lipinski definition) is 1. The molecule has 10 aromatic rings. The van der Waals surface area contributed by atoms with Crippen molar-refractivity contribution in [1.29, 1.82) is 0 Å². The summed E-state index contributed by atoms with van der Waals surface area (Å²) in [5.41, 5.74) is 14.0. The van der Waals surface area contributed by atoms with Gasteiger partial charge in [0.2, 0.25) is 0 Å². The predicted octanol–water partition coefficient (Wildman–Crippen LogP) is 14.4. The van der Waals surface area contributed by atoms with Crippen molar-refractivity contribution >= 4 is 49.6 Å². The zero-order valence-electron chi connectivity index (χ0n) is 29.7. The van der Waals surface area contributed by atoms with Crippen LogP contribution < -0.4 is 4.90 Å². The number of anilines is 3. The highest BCUT2D eigenvalue weighted by Gasteiger charge is 2.21. The van der Waals surface area contributed by atoms with Crippen molar-refractivity contribution in [2.24, 2.45) is 0 Å². The molecule has 10 rings (SSSR count). The van der Waals surface area contributed by atoms with Crippen molar-refractivity contribution in [3.05, 3.63) is 218 Å². The van der Waals surface area contributed by atoms with E-state index in [4.69, 9.17) is 0 Å². The molecular formula is C52H36N2. The lowest BCUT2D eigenvalue weighted by Crippen LogP contribution is -2.10. The fraction of sp³-hybridized carbons (Fsp3) is 0. The molecule has 0 N–H and O–H groups in total. The van der Waals surface area contributed by atoms with Crippen molar-refractivity contribution < 1.29 is 0 Å². The van der Waals surface area contributed by atoms with Crippen LogP contribution >= 0.6 is 0 Å². The Kier molecular flexibility index (Phi) is 7.85. The first-order valence-corrected chi connectivity index (χ1v) is 18.5. The van der Waals surface area contributed by atoms with Gasteiger partial charge in [-0.2, -0.15) is 0 Å². The van der Waals surface area contributed by atoms with Crippen LogP contribution in [0.2, 0.25) is 0 Å². The monoisotopic (exact) mass is 688 g/mol. The Morgan fingerprint density at radius 2 is 0.833 bits per heavy atom. The van der Waals surface area contributed by atoms with Crippen molar-refractivity contribution in [1.82, 2.24) is 4.57 Å². The number of nitrogens with zero attached hydrogens (tertiary/aromatic N) is 2. The highest BCUT2D eigenvalue weighted by molar-refractivity contribution is 6.23. The minimum absolute atomic E-state index is 1.09. The minimum Gasteiger partial charge on any atom is -0.310 e. The standard InChI is InChI=1S/C52H36N2/c1-5-18-37(19-6-1)41-32-42(38-20-7-2-8-21-38)35-46(34-41)53(43-24-9-3-10-25-43)45-28-17-23-40(33-45)51-47-29-14-13-22-39(47)36-50-52(51)48-30-15-16-31-49(48)54(50)44-26-11-4-12-27-44/h1-36H. The van der Waals surface area contributed by atoms with Crippen LogP contribution in [0.3, 0.4) is 0 Å². The number of para-hydroxylation sites is 3. The molecule has 0 bridgehead atoms. The third-order valence-electron chi connectivity index (χ3n) is 10.5. The second-order valence-electron chi connectivity index (χ2n) is 13.8. The number of fused-ring (bicyclic) bond motifs is 4. The highest BCUT2D eigenvalue weighted by Crippen LogP contribution is 2.45. The van der Waals surface area contributed by atoms with Gasteiger partial charge in [-0.3, -0.25) is 0 Å². The number of hydrogen-bond donors (Lipinski definition) is 0. The van der Waals surface area contributed by atoms with E-state index in [0.29, 0.717) is 0 Å². The molecular weight excluding hydrogens is 653 g/mol. The molecule has 0 aliphatic heterocycles. The summed E-state index contributed by atoms with van der Waals surface area (Å²) < 4.78 is 2.42. The number of benzene rings is 9. The van der Waals surface area contributed by atoms with Crippen molar-refractivity contribution in [2.75, 3.05) is 4.90 Å². The van der Waals surface area contributed by atoms with E-state index in [0.717, 1.165) is 22.7 Å². The molecule has 0 fully saturated rings. The summed E-state index contributed by atoms with van der Waals surface area (Å²) in [6, 6.07) is 78.9. The molecule has 0 amide bonds. The zero-order valence-corrected chi connectivity index (χ0v) is 29.7. The van der Waals surface area contributed by atoms with Gasteiger partial charge < -0.3 is 9.47 Å². The maximum atomic E-state index is 2.42. The summed E-state index contributed by atoms with van der Waals surface area (Å²) in [5, 5.41) is 4.95. The van der Waals surface area contributed by atoms with Crippen LogP contribution in [0.15, 0.2) is 218 Å². The highest BCUT2D eigenvalue weighted by atomic mass is 15.1. The number of rotatable bonds is 7. The van der Waals surface area contributed by atoms with Crippen LogP contribution in [0.25, 0.3) is 71.6 Å². The smallest absolute Gasteiger partial charge is 0.0553 e. The van der Waals surface area contributed by atoms with Gasteiger partial charge in [0.25, 0.3) is 0 Å². The van der Waals surface area contributed by atoms with E-state index in [9.17, 15) is 0 Å². The van der Waals surface area contributed by atoms with Gasteiger partial charge in [0.05, 0.1) is 11.0 Å². The molecule has 0 unspecified atom stereocenters. The van der Waals surface area contributed by atoms with Gasteiger partial charge >= 0.3 is 0 Å². The second-order valence-corrected chi connectivity index (χ2v) is 13.8. The Morgan fingerprint density at radius 1 is 0.315 bits per heavy atom. The molecule has 0 aliphatic rings. The minimum atomic E-state index is 1.09. The first kappa shape index (κ1) is 31.6. The molecule has 0 saturated heterocycles. The maximum absolute atomic E-state index is 2.42. The van der Waals surface area contributed by atoms with Crippen LogP contribution in [-0.4, -0.2) is 4.57 Å². The maximum Gasteiger partial charge on any atom is 0.0553 e. The third kappa shape index (κ3) is 5.53. The quantitative estimate of drug-likeness (QED) is 0.162. The average Bonchev–Trinajstić information content (AvgIpc) is 3.58. The Morgan fingerprint density at radius 3 is 1.52 bits per heavy atom. The average molecular weight is 689 g/mol. The first-order valence-electron chi connectivity index (χ1n) is 18.5. The van der Waals surface area contributed by atoms with Crippen molar-refractivity contribution in [2.45, 2.75) is 0 Å².